The minimum atomic E-state index is -0.942. The van der Waals surface area contributed by atoms with E-state index in [1.54, 1.807) is 0 Å². The van der Waals surface area contributed by atoms with Crippen molar-refractivity contribution >= 4 is 11.8 Å². The molecule has 70 valence electrons. The molecule has 0 amide bonds. The Morgan fingerprint density at radius 1 is 0.857 bits per heavy atom. The second-order valence-electron chi connectivity index (χ2n) is 2.12. The molecule has 0 atom stereocenters. The molecule has 0 N–H and O–H groups in total. The fourth-order valence-electron chi connectivity index (χ4n) is 0.705. The summed E-state index contributed by atoms with van der Waals surface area (Å²) in [5, 5.41) is 19.3. The molecule has 0 aliphatic heterocycles. The number of rotatable bonds is 0. The van der Waals surface area contributed by atoms with Crippen LogP contribution in [0.3, 0.4) is 0 Å². The number of carbonyl (C=O) groups excluding carboxylic acids is 2. The second-order valence-corrected chi connectivity index (χ2v) is 2.12. The summed E-state index contributed by atoms with van der Waals surface area (Å²) >= 11 is 0. The van der Waals surface area contributed by atoms with Crippen LogP contribution in [0, 0.1) is 0 Å². The molecular formula is C4H2N8O2. The summed E-state index contributed by atoms with van der Waals surface area (Å²) in [7, 11) is 0. The van der Waals surface area contributed by atoms with E-state index in [1.807, 2.05) is 0 Å². The van der Waals surface area contributed by atoms with Gasteiger partial charge in [-0.1, -0.05) is 0 Å². The Bertz CT molecular complexity index is 399. The Hall–Kier alpha value is -2.52. The van der Waals surface area contributed by atoms with Crippen molar-refractivity contribution in [1.82, 2.24) is 40.4 Å². The van der Waals surface area contributed by atoms with Gasteiger partial charge in [-0.3, -0.25) is 9.59 Å². The molecule has 0 bridgehead atoms. The highest BCUT2D eigenvalue weighted by atomic mass is 16.2. The van der Waals surface area contributed by atoms with Crippen LogP contribution in [0.15, 0.2) is 12.7 Å². The zero-order valence-electron chi connectivity index (χ0n) is 6.55. The Balaban J connectivity index is 2.26. The molecule has 0 aliphatic carbocycles. The van der Waals surface area contributed by atoms with Crippen molar-refractivity contribution in [3.8, 4) is 0 Å². The molecule has 2 aromatic rings. The minimum Gasteiger partial charge on any atom is -0.261 e. The van der Waals surface area contributed by atoms with Crippen LogP contribution in [0.2, 0.25) is 0 Å². The molecule has 14 heavy (non-hydrogen) atoms. The lowest BCUT2D eigenvalue weighted by atomic mass is 10.6. The summed E-state index contributed by atoms with van der Waals surface area (Å²) in [5.41, 5.74) is 0. The van der Waals surface area contributed by atoms with Gasteiger partial charge in [0, 0.05) is 0 Å². The van der Waals surface area contributed by atoms with E-state index in [2.05, 4.69) is 31.1 Å². The Labute approximate surface area is 75.5 Å². The Kier molecular flexibility index (Phi) is 1.78. The first-order valence-corrected chi connectivity index (χ1v) is 3.34. The van der Waals surface area contributed by atoms with Gasteiger partial charge in [0.2, 0.25) is 0 Å². The number of tetrazole rings is 2. The first-order chi connectivity index (χ1) is 6.79. The van der Waals surface area contributed by atoms with Crippen molar-refractivity contribution in [2.24, 2.45) is 0 Å². The highest BCUT2D eigenvalue weighted by molar-refractivity contribution is 6.36. The second kappa shape index (κ2) is 3.08. The van der Waals surface area contributed by atoms with Crippen LogP contribution in [-0.2, 0) is 0 Å². The molecule has 0 saturated heterocycles. The third-order valence-electron chi connectivity index (χ3n) is 1.30. The molecule has 0 aliphatic rings. The molecule has 10 heteroatoms. The van der Waals surface area contributed by atoms with Crippen LogP contribution < -0.4 is 0 Å². The number of nitrogens with zero attached hydrogens (tertiary/aromatic N) is 8. The first kappa shape index (κ1) is 8.10. The fourth-order valence-corrected chi connectivity index (χ4v) is 0.705. The van der Waals surface area contributed by atoms with Gasteiger partial charge >= 0.3 is 11.8 Å². The maximum absolute atomic E-state index is 11.3. The monoisotopic (exact) mass is 194 g/mol. The number of aromatic nitrogens is 8. The lowest BCUT2D eigenvalue weighted by Gasteiger charge is -1.94. The van der Waals surface area contributed by atoms with E-state index >= 15 is 0 Å². The van der Waals surface area contributed by atoms with Crippen LogP contribution in [0.1, 0.15) is 9.59 Å². The van der Waals surface area contributed by atoms with E-state index in [9.17, 15) is 9.59 Å². The molecule has 0 saturated carbocycles. The molecule has 0 unspecified atom stereocenters. The van der Waals surface area contributed by atoms with Crippen molar-refractivity contribution < 1.29 is 9.59 Å². The van der Waals surface area contributed by atoms with Gasteiger partial charge in [-0.05, 0) is 20.9 Å². The molecule has 2 aromatic heterocycles. The Morgan fingerprint density at radius 2 is 1.29 bits per heavy atom. The maximum Gasteiger partial charge on any atom is 0.341 e. The van der Waals surface area contributed by atoms with Gasteiger partial charge in [0.15, 0.2) is 0 Å². The summed E-state index contributed by atoms with van der Waals surface area (Å²) in [6.45, 7) is 0. The van der Waals surface area contributed by atoms with Gasteiger partial charge in [0.05, 0.1) is 0 Å². The average molecular weight is 194 g/mol. The van der Waals surface area contributed by atoms with E-state index in [0.29, 0.717) is 9.36 Å². The highest BCUT2D eigenvalue weighted by Crippen LogP contribution is 1.85. The lowest BCUT2D eigenvalue weighted by molar-refractivity contribution is 0.0693. The van der Waals surface area contributed by atoms with Crippen molar-refractivity contribution in [3.05, 3.63) is 12.7 Å². The minimum absolute atomic E-state index is 0.685. The average Bonchev–Trinajstić information content (AvgIpc) is 2.87. The standard InChI is InChI=1S/C4H2N8O2/c13-3(11-1-5-7-9-11)4(14)12-2-6-8-10-12/h1-2H. The predicted octanol–water partition coefficient (Wildman–Crippen LogP) is -2.36. The number of hydrogen-bond acceptors (Lipinski definition) is 8. The van der Waals surface area contributed by atoms with Crippen LogP contribution in [0.4, 0.5) is 0 Å². The molecule has 2 rings (SSSR count). The molecule has 2 heterocycles. The van der Waals surface area contributed by atoms with Gasteiger partial charge in [-0.25, -0.2) is 0 Å². The molecule has 0 spiro atoms. The van der Waals surface area contributed by atoms with E-state index in [-0.39, 0.29) is 0 Å². The van der Waals surface area contributed by atoms with Gasteiger partial charge < -0.3 is 0 Å². The lowest BCUT2D eigenvalue weighted by Crippen LogP contribution is -2.28. The molecular weight excluding hydrogens is 192 g/mol. The summed E-state index contributed by atoms with van der Waals surface area (Å²) in [5.74, 6) is -1.88. The van der Waals surface area contributed by atoms with E-state index in [0.717, 1.165) is 12.7 Å². The smallest absolute Gasteiger partial charge is 0.261 e. The normalized spacial score (nSPS) is 10.0. The van der Waals surface area contributed by atoms with Crippen LogP contribution >= 0.6 is 0 Å². The molecule has 0 fully saturated rings. The van der Waals surface area contributed by atoms with Gasteiger partial charge in [-0.15, -0.1) is 10.2 Å². The summed E-state index contributed by atoms with van der Waals surface area (Å²) < 4.78 is 1.37. The maximum atomic E-state index is 11.3. The zero-order chi connectivity index (χ0) is 9.97. The van der Waals surface area contributed by atoms with Crippen LogP contribution in [0.25, 0.3) is 0 Å². The molecule has 0 radical (unpaired) electrons. The highest BCUT2D eigenvalue weighted by Gasteiger charge is 2.20. The van der Waals surface area contributed by atoms with E-state index in [1.165, 1.54) is 0 Å². The van der Waals surface area contributed by atoms with Crippen molar-refractivity contribution in [3.63, 3.8) is 0 Å². The fraction of sp³-hybridized carbons (Fsp3) is 0. The molecule has 0 aromatic carbocycles. The largest absolute Gasteiger partial charge is 0.341 e. The van der Waals surface area contributed by atoms with Crippen LogP contribution in [0.5, 0.6) is 0 Å². The topological polar surface area (TPSA) is 121 Å². The molecule has 10 nitrogen and oxygen atoms in total. The number of hydrogen-bond donors (Lipinski definition) is 0. The summed E-state index contributed by atoms with van der Waals surface area (Å²) in [6.07, 6.45) is 2.01. The van der Waals surface area contributed by atoms with Crippen molar-refractivity contribution in [1.29, 1.82) is 0 Å². The Morgan fingerprint density at radius 3 is 1.57 bits per heavy atom. The van der Waals surface area contributed by atoms with Crippen molar-refractivity contribution in [2.75, 3.05) is 0 Å². The zero-order valence-corrected chi connectivity index (χ0v) is 6.55. The quantitative estimate of drug-likeness (QED) is 0.337. The predicted molar refractivity (Wildman–Crippen MR) is 36.9 cm³/mol. The van der Waals surface area contributed by atoms with Gasteiger partial charge in [0.1, 0.15) is 12.7 Å². The SMILES string of the molecule is O=C(C(=O)n1cnnn1)n1cnnn1. The van der Waals surface area contributed by atoms with Gasteiger partial charge in [0.25, 0.3) is 0 Å². The van der Waals surface area contributed by atoms with E-state index in [4.69, 9.17) is 0 Å². The van der Waals surface area contributed by atoms with Crippen molar-refractivity contribution in [2.45, 2.75) is 0 Å². The third-order valence-corrected chi connectivity index (χ3v) is 1.30. The number of carbonyl (C=O) groups is 2. The summed E-state index contributed by atoms with van der Waals surface area (Å²) in [6, 6.07) is 0. The van der Waals surface area contributed by atoms with Crippen LogP contribution in [-0.4, -0.2) is 52.2 Å². The van der Waals surface area contributed by atoms with Gasteiger partial charge in [-0.2, -0.15) is 9.36 Å². The third kappa shape index (κ3) is 1.24. The van der Waals surface area contributed by atoms with E-state index < -0.39 is 11.8 Å². The first-order valence-electron chi connectivity index (χ1n) is 3.34. The summed E-state index contributed by atoms with van der Waals surface area (Å²) in [4.78, 5) is 22.5.